The molecule has 0 aliphatic heterocycles. The normalized spacial score (nSPS) is 11.4. The second-order valence-electron chi connectivity index (χ2n) is 4.65. The number of halogens is 1. The Bertz CT molecular complexity index is 588. The Balaban J connectivity index is 3.00. The summed E-state index contributed by atoms with van der Waals surface area (Å²) in [5.41, 5.74) is 0.280. The lowest BCUT2D eigenvalue weighted by atomic mass is 10.1. The Kier molecular flexibility index (Phi) is 7.61. The van der Waals surface area contributed by atoms with E-state index in [0.717, 1.165) is 0 Å². The third-order valence-corrected chi connectivity index (χ3v) is 3.63. The number of ether oxygens (including phenoxy) is 2. The summed E-state index contributed by atoms with van der Waals surface area (Å²) in [7, 11) is 1.47. The van der Waals surface area contributed by atoms with Crippen LogP contribution in [0.2, 0.25) is 0 Å². The standard InChI is InChI=1S/C16H20BrNO5/c1-4-6-7-12(16(20)21)18-15(19)10-8-11(17)14(23-5-2)13(9-10)22-3/h4,8-9,12H,1,5-7H2,2-3H3,(H,18,19)(H,20,21). The number of aliphatic carboxylic acids is 1. The number of allylic oxidation sites excluding steroid dienone is 1. The highest BCUT2D eigenvalue weighted by Gasteiger charge is 2.21. The first-order valence-electron chi connectivity index (χ1n) is 7.09. The fourth-order valence-electron chi connectivity index (χ4n) is 1.92. The summed E-state index contributed by atoms with van der Waals surface area (Å²) >= 11 is 3.33. The largest absolute Gasteiger partial charge is 0.493 e. The van der Waals surface area contributed by atoms with E-state index in [2.05, 4.69) is 27.8 Å². The average molecular weight is 386 g/mol. The van der Waals surface area contributed by atoms with Crippen LogP contribution in [-0.2, 0) is 4.79 Å². The lowest BCUT2D eigenvalue weighted by molar-refractivity contribution is -0.139. The first-order valence-corrected chi connectivity index (χ1v) is 7.88. The number of benzene rings is 1. The van der Waals surface area contributed by atoms with E-state index >= 15 is 0 Å². The van der Waals surface area contributed by atoms with Crippen LogP contribution in [-0.4, -0.2) is 36.7 Å². The number of methoxy groups -OCH3 is 1. The number of rotatable bonds is 9. The van der Waals surface area contributed by atoms with E-state index in [9.17, 15) is 9.59 Å². The van der Waals surface area contributed by atoms with E-state index in [0.29, 0.717) is 29.0 Å². The maximum atomic E-state index is 12.3. The quantitative estimate of drug-likeness (QED) is 0.638. The third kappa shape index (κ3) is 5.28. The van der Waals surface area contributed by atoms with Crippen LogP contribution in [0.3, 0.4) is 0 Å². The van der Waals surface area contributed by atoms with Gasteiger partial charge in [-0.25, -0.2) is 4.79 Å². The highest BCUT2D eigenvalue weighted by atomic mass is 79.9. The number of carbonyl (C=O) groups excluding carboxylic acids is 1. The van der Waals surface area contributed by atoms with Gasteiger partial charge in [0.05, 0.1) is 18.2 Å². The number of hydrogen-bond acceptors (Lipinski definition) is 4. The molecule has 0 fully saturated rings. The Morgan fingerprint density at radius 2 is 2.17 bits per heavy atom. The molecular weight excluding hydrogens is 366 g/mol. The molecule has 1 rings (SSSR count). The zero-order chi connectivity index (χ0) is 17.4. The molecule has 6 nitrogen and oxygen atoms in total. The van der Waals surface area contributed by atoms with E-state index in [1.807, 2.05) is 6.92 Å². The van der Waals surface area contributed by atoms with Crippen molar-refractivity contribution in [2.24, 2.45) is 0 Å². The molecule has 1 aromatic rings. The van der Waals surface area contributed by atoms with Crippen LogP contribution in [0.5, 0.6) is 11.5 Å². The van der Waals surface area contributed by atoms with Crippen molar-refractivity contribution in [2.75, 3.05) is 13.7 Å². The molecule has 1 aromatic carbocycles. The Hall–Kier alpha value is -2.02. The van der Waals surface area contributed by atoms with E-state index in [-0.39, 0.29) is 12.0 Å². The number of hydrogen-bond donors (Lipinski definition) is 2. The Labute approximate surface area is 143 Å². The highest BCUT2D eigenvalue weighted by Crippen LogP contribution is 2.36. The smallest absolute Gasteiger partial charge is 0.326 e. The monoisotopic (exact) mass is 385 g/mol. The van der Waals surface area contributed by atoms with Crippen molar-refractivity contribution in [1.82, 2.24) is 5.32 Å². The van der Waals surface area contributed by atoms with Crippen LogP contribution in [0, 0.1) is 0 Å². The van der Waals surface area contributed by atoms with Gasteiger partial charge in [-0.3, -0.25) is 4.79 Å². The summed E-state index contributed by atoms with van der Waals surface area (Å²) in [5.74, 6) is -0.696. The maximum Gasteiger partial charge on any atom is 0.326 e. The molecule has 0 saturated heterocycles. The van der Waals surface area contributed by atoms with Gasteiger partial charge in [-0.15, -0.1) is 6.58 Å². The molecule has 0 radical (unpaired) electrons. The number of carboxylic acid groups (broad SMARTS) is 1. The molecule has 1 amide bonds. The lowest BCUT2D eigenvalue weighted by Gasteiger charge is -2.16. The van der Waals surface area contributed by atoms with Crippen molar-refractivity contribution in [3.05, 3.63) is 34.8 Å². The van der Waals surface area contributed by atoms with Gasteiger partial charge in [-0.2, -0.15) is 0 Å². The predicted octanol–water partition coefficient (Wildman–Crippen LogP) is 3.01. The van der Waals surface area contributed by atoms with Gasteiger partial charge < -0.3 is 19.9 Å². The van der Waals surface area contributed by atoms with E-state index in [1.54, 1.807) is 12.1 Å². The second kappa shape index (κ2) is 9.19. The SMILES string of the molecule is C=CCCC(NC(=O)c1cc(Br)c(OCC)c(OC)c1)C(=O)O. The highest BCUT2D eigenvalue weighted by molar-refractivity contribution is 9.10. The maximum absolute atomic E-state index is 12.3. The molecule has 2 N–H and O–H groups in total. The summed E-state index contributed by atoms with van der Waals surface area (Å²) in [6.07, 6.45) is 2.38. The summed E-state index contributed by atoms with van der Waals surface area (Å²) < 4.78 is 11.2. The van der Waals surface area contributed by atoms with Crippen LogP contribution in [0.25, 0.3) is 0 Å². The van der Waals surface area contributed by atoms with Crippen LogP contribution in [0.1, 0.15) is 30.1 Å². The fourth-order valence-corrected chi connectivity index (χ4v) is 2.48. The molecule has 1 unspecified atom stereocenters. The van der Waals surface area contributed by atoms with Crippen molar-refractivity contribution < 1.29 is 24.2 Å². The van der Waals surface area contributed by atoms with Crippen molar-refractivity contribution in [2.45, 2.75) is 25.8 Å². The van der Waals surface area contributed by atoms with Crippen molar-refractivity contribution in [1.29, 1.82) is 0 Å². The summed E-state index contributed by atoms with van der Waals surface area (Å²) in [6, 6.07) is 2.10. The van der Waals surface area contributed by atoms with Gasteiger partial charge in [-0.05, 0) is 47.8 Å². The molecule has 0 bridgehead atoms. The van der Waals surface area contributed by atoms with Crippen LogP contribution in [0.4, 0.5) is 0 Å². The summed E-state index contributed by atoms with van der Waals surface area (Å²) in [4.78, 5) is 23.5. The van der Waals surface area contributed by atoms with Gasteiger partial charge in [0, 0.05) is 5.56 Å². The number of carboxylic acids is 1. The predicted molar refractivity (Wildman–Crippen MR) is 90.2 cm³/mol. The third-order valence-electron chi connectivity index (χ3n) is 3.04. The molecule has 0 heterocycles. The number of nitrogens with one attached hydrogen (secondary N) is 1. The molecular formula is C16H20BrNO5. The topological polar surface area (TPSA) is 84.9 Å². The molecule has 0 aliphatic carbocycles. The second-order valence-corrected chi connectivity index (χ2v) is 5.51. The Morgan fingerprint density at radius 3 is 2.70 bits per heavy atom. The van der Waals surface area contributed by atoms with Crippen LogP contribution >= 0.6 is 15.9 Å². The lowest BCUT2D eigenvalue weighted by Crippen LogP contribution is -2.40. The molecule has 23 heavy (non-hydrogen) atoms. The van der Waals surface area contributed by atoms with Crippen LogP contribution < -0.4 is 14.8 Å². The van der Waals surface area contributed by atoms with Crippen molar-refractivity contribution >= 4 is 27.8 Å². The van der Waals surface area contributed by atoms with Gasteiger partial charge >= 0.3 is 5.97 Å². The minimum atomic E-state index is -1.09. The van der Waals surface area contributed by atoms with E-state index in [1.165, 1.54) is 13.2 Å². The zero-order valence-corrected chi connectivity index (χ0v) is 14.7. The molecule has 0 aromatic heterocycles. The van der Waals surface area contributed by atoms with Gasteiger partial charge in [0.25, 0.3) is 5.91 Å². The van der Waals surface area contributed by atoms with E-state index in [4.69, 9.17) is 14.6 Å². The van der Waals surface area contributed by atoms with Gasteiger partial charge in [0.15, 0.2) is 11.5 Å². The molecule has 0 saturated carbocycles. The molecule has 0 spiro atoms. The van der Waals surface area contributed by atoms with Crippen molar-refractivity contribution in [3.63, 3.8) is 0 Å². The fraction of sp³-hybridized carbons (Fsp3) is 0.375. The molecule has 0 aliphatic rings. The van der Waals surface area contributed by atoms with Gasteiger partial charge in [-0.1, -0.05) is 6.08 Å². The summed E-state index contributed by atoms with van der Waals surface area (Å²) in [6.45, 7) is 5.83. The first-order chi connectivity index (χ1) is 10.9. The van der Waals surface area contributed by atoms with E-state index < -0.39 is 17.9 Å². The van der Waals surface area contributed by atoms with Gasteiger partial charge in [0.1, 0.15) is 6.04 Å². The number of carbonyl (C=O) groups is 2. The molecule has 7 heteroatoms. The summed E-state index contributed by atoms with van der Waals surface area (Å²) in [5, 5.41) is 11.7. The van der Waals surface area contributed by atoms with Gasteiger partial charge in [0.2, 0.25) is 0 Å². The molecule has 126 valence electrons. The number of amides is 1. The Morgan fingerprint density at radius 1 is 1.48 bits per heavy atom. The zero-order valence-electron chi connectivity index (χ0n) is 13.1. The first kappa shape index (κ1) is 19.0. The average Bonchev–Trinajstić information content (AvgIpc) is 2.52. The molecule has 1 atom stereocenters. The van der Waals surface area contributed by atoms with Crippen molar-refractivity contribution in [3.8, 4) is 11.5 Å². The minimum absolute atomic E-state index is 0.278. The van der Waals surface area contributed by atoms with Crippen LogP contribution in [0.15, 0.2) is 29.3 Å². The minimum Gasteiger partial charge on any atom is -0.493 e.